The molecular formula is C23H29N3O3S. The standard InChI is InChI=1S/C23H29N3O3S/c27-23(26-28)5-3-1-2-4-14-25-30(29)16-13-18-6-8-19(9-7-18)21-11-10-20-12-15-24-22(20)17-21/h6-12,15,17,24-25,28H,1-5,13-14,16H2,(H,26,27). The molecule has 0 saturated carbocycles. The van der Waals surface area contributed by atoms with E-state index >= 15 is 0 Å². The van der Waals surface area contributed by atoms with E-state index in [0.717, 1.165) is 37.6 Å². The van der Waals surface area contributed by atoms with Crippen LogP contribution >= 0.6 is 0 Å². The Hall–Kier alpha value is -2.48. The number of aromatic nitrogens is 1. The molecule has 3 rings (SSSR count). The van der Waals surface area contributed by atoms with Gasteiger partial charge in [0.1, 0.15) is 0 Å². The van der Waals surface area contributed by atoms with Crippen molar-refractivity contribution in [3.05, 3.63) is 60.3 Å². The van der Waals surface area contributed by atoms with Gasteiger partial charge < -0.3 is 4.98 Å². The Morgan fingerprint density at radius 2 is 1.73 bits per heavy atom. The lowest BCUT2D eigenvalue weighted by molar-refractivity contribution is -0.129. The molecule has 1 atom stereocenters. The van der Waals surface area contributed by atoms with Gasteiger partial charge in [-0.15, -0.1) is 0 Å². The number of hydrogen-bond acceptors (Lipinski definition) is 3. The van der Waals surface area contributed by atoms with Crippen molar-refractivity contribution in [2.75, 3.05) is 12.3 Å². The van der Waals surface area contributed by atoms with Gasteiger partial charge in [-0.3, -0.25) is 10.0 Å². The van der Waals surface area contributed by atoms with E-state index in [-0.39, 0.29) is 5.91 Å². The number of unbranched alkanes of at least 4 members (excludes halogenated alkanes) is 3. The van der Waals surface area contributed by atoms with E-state index in [2.05, 4.69) is 58.2 Å². The van der Waals surface area contributed by atoms with Gasteiger partial charge in [0.25, 0.3) is 0 Å². The minimum absolute atomic E-state index is 0.342. The quantitative estimate of drug-likeness (QED) is 0.199. The van der Waals surface area contributed by atoms with Crippen LogP contribution in [0.2, 0.25) is 0 Å². The van der Waals surface area contributed by atoms with Crippen LogP contribution in [0, 0.1) is 0 Å². The second-order valence-corrected chi connectivity index (χ2v) is 8.76. The van der Waals surface area contributed by atoms with Crippen molar-refractivity contribution in [1.29, 1.82) is 0 Å². The van der Waals surface area contributed by atoms with Crippen molar-refractivity contribution in [1.82, 2.24) is 15.2 Å². The molecule has 30 heavy (non-hydrogen) atoms. The molecular weight excluding hydrogens is 398 g/mol. The molecule has 0 fully saturated rings. The fourth-order valence-electron chi connectivity index (χ4n) is 3.38. The minimum Gasteiger partial charge on any atom is -0.361 e. The summed E-state index contributed by atoms with van der Waals surface area (Å²) in [5.74, 6) is 0.244. The number of hydrogen-bond donors (Lipinski definition) is 4. The summed E-state index contributed by atoms with van der Waals surface area (Å²) >= 11 is 0. The van der Waals surface area contributed by atoms with Gasteiger partial charge in [0.2, 0.25) is 5.91 Å². The fourth-order valence-corrected chi connectivity index (χ4v) is 4.32. The molecule has 0 radical (unpaired) electrons. The van der Waals surface area contributed by atoms with Crippen molar-refractivity contribution in [2.45, 2.75) is 38.5 Å². The van der Waals surface area contributed by atoms with Gasteiger partial charge in [0.05, 0.1) is 11.0 Å². The molecule has 7 heteroatoms. The number of fused-ring (bicyclic) bond motifs is 1. The Bertz CT molecular complexity index is 969. The summed E-state index contributed by atoms with van der Waals surface area (Å²) in [6.45, 7) is 0.707. The molecule has 0 bridgehead atoms. The zero-order chi connectivity index (χ0) is 21.2. The average Bonchev–Trinajstić information content (AvgIpc) is 3.25. The maximum absolute atomic E-state index is 12.1. The monoisotopic (exact) mass is 427 g/mol. The van der Waals surface area contributed by atoms with Crippen LogP contribution in [0.1, 0.15) is 37.7 Å². The normalized spacial score (nSPS) is 12.2. The predicted octanol–water partition coefficient (Wildman–Crippen LogP) is 4.09. The van der Waals surface area contributed by atoms with Gasteiger partial charge in [-0.05, 0) is 53.5 Å². The molecule has 0 aliphatic heterocycles. The maximum Gasteiger partial charge on any atom is 0.243 e. The van der Waals surface area contributed by atoms with E-state index in [0.29, 0.717) is 18.7 Å². The third kappa shape index (κ3) is 6.79. The molecule has 4 N–H and O–H groups in total. The zero-order valence-electron chi connectivity index (χ0n) is 17.0. The van der Waals surface area contributed by atoms with Gasteiger partial charge in [0.15, 0.2) is 0 Å². The van der Waals surface area contributed by atoms with E-state index in [1.54, 1.807) is 5.48 Å². The summed E-state index contributed by atoms with van der Waals surface area (Å²) in [4.78, 5) is 14.1. The van der Waals surface area contributed by atoms with E-state index < -0.39 is 11.0 Å². The molecule has 0 aliphatic carbocycles. The molecule has 0 saturated heterocycles. The number of amides is 1. The summed E-state index contributed by atoms with van der Waals surface area (Å²) in [5.41, 5.74) is 6.30. The fraction of sp³-hybridized carbons (Fsp3) is 0.348. The van der Waals surface area contributed by atoms with Crippen LogP contribution in [0.5, 0.6) is 0 Å². The Kier molecular flexibility index (Phi) is 8.62. The highest BCUT2D eigenvalue weighted by molar-refractivity contribution is 7.83. The molecule has 1 unspecified atom stereocenters. The number of H-pyrrole nitrogens is 1. The lowest BCUT2D eigenvalue weighted by Gasteiger charge is -2.07. The predicted molar refractivity (Wildman–Crippen MR) is 121 cm³/mol. The number of carbonyl (C=O) groups excluding carboxylic acids is 1. The van der Waals surface area contributed by atoms with Gasteiger partial charge in [-0.25, -0.2) is 14.4 Å². The Labute approximate surface area is 179 Å². The smallest absolute Gasteiger partial charge is 0.243 e. The van der Waals surface area contributed by atoms with Crippen LogP contribution in [-0.2, 0) is 22.2 Å². The van der Waals surface area contributed by atoms with Crippen molar-refractivity contribution in [2.24, 2.45) is 0 Å². The van der Waals surface area contributed by atoms with E-state index in [4.69, 9.17) is 5.21 Å². The minimum atomic E-state index is -1.04. The van der Waals surface area contributed by atoms with Gasteiger partial charge in [-0.1, -0.05) is 49.2 Å². The molecule has 2 aromatic carbocycles. The number of aromatic amines is 1. The third-order valence-corrected chi connectivity index (χ3v) is 6.24. The van der Waals surface area contributed by atoms with Crippen molar-refractivity contribution >= 4 is 27.8 Å². The highest BCUT2D eigenvalue weighted by Crippen LogP contribution is 2.24. The summed E-state index contributed by atoms with van der Waals surface area (Å²) in [5, 5.41) is 9.63. The molecule has 6 nitrogen and oxygen atoms in total. The van der Waals surface area contributed by atoms with Crippen molar-refractivity contribution < 1.29 is 14.2 Å². The van der Waals surface area contributed by atoms with Gasteiger partial charge in [-0.2, -0.15) is 0 Å². The highest BCUT2D eigenvalue weighted by atomic mass is 32.2. The summed E-state index contributed by atoms with van der Waals surface area (Å²) in [7, 11) is -1.04. The largest absolute Gasteiger partial charge is 0.361 e. The lowest BCUT2D eigenvalue weighted by atomic mass is 10.0. The van der Waals surface area contributed by atoms with Gasteiger partial charge in [0, 0.05) is 30.4 Å². The number of rotatable bonds is 12. The number of nitrogens with one attached hydrogen (secondary N) is 3. The molecule has 3 aromatic rings. The van der Waals surface area contributed by atoms with Crippen LogP contribution < -0.4 is 10.2 Å². The van der Waals surface area contributed by atoms with Crippen LogP contribution in [0.4, 0.5) is 0 Å². The summed E-state index contributed by atoms with van der Waals surface area (Å²) in [6, 6.07) is 16.9. The van der Waals surface area contributed by atoms with Crippen LogP contribution in [-0.4, -0.2) is 32.6 Å². The SMILES string of the molecule is O=C(CCCCCCNS(=O)CCc1ccc(-c2ccc3cc[nH]c3c2)cc1)NO. The Morgan fingerprint density at radius 3 is 2.53 bits per heavy atom. The number of benzene rings is 2. The first kappa shape index (κ1) is 22.2. The first-order chi connectivity index (χ1) is 14.7. The second kappa shape index (κ2) is 11.6. The van der Waals surface area contributed by atoms with Crippen LogP contribution in [0.3, 0.4) is 0 Å². The number of aryl methyl sites for hydroxylation is 1. The van der Waals surface area contributed by atoms with E-state index in [1.807, 2.05) is 6.20 Å². The van der Waals surface area contributed by atoms with Gasteiger partial charge >= 0.3 is 0 Å². The summed E-state index contributed by atoms with van der Waals surface area (Å²) in [6.07, 6.45) is 6.63. The Morgan fingerprint density at radius 1 is 0.967 bits per heavy atom. The molecule has 0 spiro atoms. The third-order valence-electron chi connectivity index (χ3n) is 5.14. The molecule has 160 valence electrons. The first-order valence-electron chi connectivity index (χ1n) is 10.4. The zero-order valence-corrected chi connectivity index (χ0v) is 17.8. The lowest BCUT2D eigenvalue weighted by Crippen LogP contribution is -2.22. The van der Waals surface area contributed by atoms with Crippen LogP contribution in [0.25, 0.3) is 22.0 Å². The topological polar surface area (TPSA) is 94.2 Å². The number of hydroxylamine groups is 1. The second-order valence-electron chi connectivity index (χ2n) is 7.37. The number of carbonyl (C=O) groups is 1. The first-order valence-corrected chi connectivity index (χ1v) is 11.7. The molecule has 0 aliphatic rings. The summed E-state index contributed by atoms with van der Waals surface area (Å²) < 4.78 is 15.2. The average molecular weight is 428 g/mol. The van der Waals surface area contributed by atoms with Crippen molar-refractivity contribution in [3.63, 3.8) is 0 Å². The molecule has 1 aromatic heterocycles. The van der Waals surface area contributed by atoms with E-state index in [1.165, 1.54) is 22.1 Å². The van der Waals surface area contributed by atoms with E-state index in [9.17, 15) is 9.00 Å². The van der Waals surface area contributed by atoms with Crippen LogP contribution in [0.15, 0.2) is 54.7 Å². The maximum atomic E-state index is 12.1. The molecule has 1 heterocycles. The highest BCUT2D eigenvalue weighted by Gasteiger charge is 2.04. The Balaban J connectivity index is 1.34. The molecule has 1 amide bonds. The van der Waals surface area contributed by atoms with Crippen molar-refractivity contribution in [3.8, 4) is 11.1 Å².